The molecule has 100 valence electrons. The van der Waals surface area contributed by atoms with Crippen LogP contribution in [0.1, 0.15) is 38.9 Å². The van der Waals surface area contributed by atoms with Crippen LogP contribution in [0.5, 0.6) is 0 Å². The largest absolute Gasteiger partial charge is 0.373 e. The van der Waals surface area contributed by atoms with E-state index in [1.165, 1.54) is 19.3 Å². The number of rotatable bonds is 5. The van der Waals surface area contributed by atoms with Crippen LogP contribution in [0.4, 0.5) is 11.6 Å². The maximum atomic E-state index is 4.52. The lowest BCUT2D eigenvalue weighted by atomic mass is 9.98. The zero-order chi connectivity index (χ0) is 13.0. The third-order valence-corrected chi connectivity index (χ3v) is 3.93. The van der Waals surface area contributed by atoms with E-state index in [0.717, 1.165) is 42.3 Å². The maximum Gasteiger partial charge on any atom is 0.132 e. The molecule has 0 spiro atoms. The molecule has 2 atom stereocenters. The molecular formula is C14H24N4. The summed E-state index contributed by atoms with van der Waals surface area (Å²) < 4.78 is 0. The number of anilines is 2. The Bertz CT molecular complexity index is 369. The van der Waals surface area contributed by atoms with Crippen molar-refractivity contribution in [2.75, 3.05) is 24.2 Å². The number of hydrogen-bond acceptors (Lipinski definition) is 4. The van der Waals surface area contributed by atoms with E-state index in [0.29, 0.717) is 0 Å². The second kappa shape index (κ2) is 6.03. The van der Waals surface area contributed by atoms with Gasteiger partial charge in [-0.25, -0.2) is 9.97 Å². The minimum Gasteiger partial charge on any atom is -0.373 e. The maximum absolute atomic E-state index is 4.52. The Hall–Kier alpha value is -1.32. The minimum absolute atomic E-state index is 0.795. The summed E-state index contributed by atoms with van der Waals surface area (Å²) in [6.07, 6.45) is 4.96. The molecule has 0 amide bonds. The van der Waals surface area contributed by atoms with Gasteiger partial charge >= 0.3 is 0 Å². The number of nitrogens with one attached hydrogen (secondary N) is 2. The van der Waals surface area contributed by atoms with Crippen LogP contribution < -0.4 is 10.6 Å². The summed E-state index contributed by atoms with van der Waals surface area (Å²) in [6.45, 7) is 5.47. The van der Waals surface area contributed by atoms with Crippen LogP contribution in [0, 0.1) is 11.8 Å². The van der Waals surface area contributed by atoms with Gasteiger partial charge in [-0.1, -0.05) is 26.7 Å². The molecule has 4 heteroatoms. The van der Waals surface area contributed by atoms with Gasteiger partial charge in [-0.05, 0) is 18.3 Å². The Balaban J connectivity index is 1.99. The van der Waals surface area contributed by atoms with Crippen LogP contribution >= 0.6 is 0 Å². The Labute approximate surface area is 110 Å². The Morgan fingerprint density at radius 1 is 1.28 bits per heavy atom. The third kappa shape index (κ3) is 3.12. The Morgan fingerprint density at radius 2 is 2.06 bits per heavy atom. The smallest absolute Gasteiger partial charge is 0.132 e. The molecule has 2 rings (SSSR count). The van der Waals surface area contributed by atoms with E-state index in [1.807, 2.05) is 13.1 Å². The summed E-state index contributed by atoms with van der Waals surface area (Å²) in [6, 6.07) is 1.98. The molecule has 1 saturated carbocycles. The van der Waals surface area contributed by atoms with E-state index in [4.69, 9.17) is 0 Å². The predicted octanol–water partition coefficient (Wildman–Crippen LogP) is 2.93. The quantitative estimate of drug-likeness (QED) is 0.841. The topological polar surface area (TPSA) is 49.8 Å². The highest BCUT2D eigenvalue weighted by atomic mass is 15.1. The van der Waals surface area contributed by atoms with E-state index < -0.39 is 0 Å². The Morgan fingerprint density at radius 3 is 2.67 bits per heavy atom. The first kappa shape index (κ1) is 13.1. The molecule has 1 aromatic heterocycles. The molecule has 0 aromatic carbocycles. The van der Waals surface area contributed by atoms with Crippen molar-refractivity contribution in [3.05, 3.63) is 11.9 Å². The molecule has 0 aliphatic heterocycles. The predicted molar refractivity (Wildman–Crippen MR) is 76.0 cm³/mol. The van der Waals surface area contributed by atoms with Crippen molar-refractivity contribution in [1.29, 1.82) is 0 Å². The molecule has 0 radical (unpaired) electrons. The van der Waals surface area contributed by atoms with Crippen molar-refractivity contribution in [2.45, 2.75) is 39.5 Å². The lowest BCUT2D eigenvalue weighted by molar-refractivity contribution is 0.439. The summed E-state index contributed by atoms with van der Waals surface area (Å²) in [5.41, 5.74) is 0. The van der Waals surface area contributed by atoms with Crippen LogP contribution in [-0.4, -0.2) is 23.6 Å². The summed E-state index contributed by atoms with van der Waals surface area (Å²) >= 11 is 0. The summed E-state index contributed by atoms with van der Waals surface area (Å²) in [4.78, 5) is 8.93. The zero-order valence-corrected chi connectivity index (χ0v) is 11.7. The van der Waals surface area contributed by atoms with Gasteiger partial charge in [0.1, 0.15) is 17.5 Å². The van der Waals surface area contributed by atoms with Crippen LogP contribution in [0.2, 0.25) is 0 Å². The summed E-state index contributed by atoms with van der Waals surface area (Å²) in [7, 11) is 1.89. The van der Waals surface area contributed by atoms with Crippen LogP contribution in [0.3, 0.4) is 0 Å². The molecule has 0 bridgehead atoms. The van der Waals surface area contributed by atoms with E-state index in [1.54, 1.807) is 0 Å². The SMILES string of the molecule is CCc1nc(NC)cc(NCC2CCCC2C)n1. The highest BCUT2D eigenvalue weighted by Gasteiger charge is 2.22. The first-order chi connectivity index (χ1) is 8.72. The van der Waals surface area contributed by atoms with Crippen LogP contribution in [0.15, 0.2) is 6.07 Å². The summed E-state index contributed by atoms with van der Waals surface area (Å²) in [5.74, 6) is 4.37. The minimum atomic E-state index is 0.795. The van der Waals surface area contributed by atoms with Crippen molar-refractivity contribution in [3.8, 4) is 0 Å². The van der Waals surface area contributed by atoms with E-state index >= 15 is 0 Å². The molecule has 1 aliphatic rings. The molecule has 0 saturated heterocycles. The average Bonchev–Trinajstić information content (AvgIpc) is 2.81. The highest BCUT2D eigenvalue weighted by Crippen LogP contribution is 2.31. The number of aryl methyl sites for hydroxylation is 1. The second-order valence-electron chi connectivity index (χ2n) is 5.21. The third-order valence-electron chi connectivity index (χ3n) is 3.93. The van der Waals surface area contributed by atoms with Crippen LogP contribution in [0.25, 0.3) is 0 Å². The van der Waals surface area contributed by atoms with E-state index in [9.17, 15) is 0 Å². The molecule has 18 heavy (non-hydrogen) atoms. The molecule has 4 nitrogen and oxygen atoms in total. The van der Waals surface area contributed by atoms with Gasteiger partial charge in [-0.3, -0.25) is 0 Å². The summed E-state index contributed by atoms with van der Waals surface area (Å²) in [5, 5.41) is 6.56. The normalized spacial score (nSPS) is 23.1. The van der Waals surface area contributed by atoms with Crippen molar-refractivity contribution in [3.63, 3.8) is 0 Å². The van der Waals surface area contributed by atoms with Gasteiger partial charge in [-0.2, -0.15) is 0 Å². The lowest BCUT2D eigenvalue weighted by Gasteiger charge is -2.17. The lowest BCUT2D eigenvalue weighted by Crippen LogP contribution is -2.17. The van der Waals surface area contributed by atoms with E-state index in [2.05, 4.69) is 34.4 Å². The number of hydrogen-bond donors (Lipinski definition) is 2. The average molecular weight is 248 g/mol. The standard InChI is InChI=1S/C14H24N4/c1-4-12-17-13(15-3)8-14(18-12)16-9-11-7-5-6-10(11)2/h8,10-11H,4-7,9H2,1-3H3,(H2,15,16,17,18). The van der Waals surface area contributed by atoms with Gasteiger partial charge in [0.2, 0.25) is 0 Å². The van der Waals surface area contributed by atoms with Crippen molar-refractivity contribution in [1.82, 2.24) is 9.97 Å². The molecule has 1 heterocycles. The fourth-order valence-corrected chi connectivity index (χ4v) is 2.64. The first-order valence-electron chi connectivity index (χ1n) is 7.02. The van der Waals surface area contributed by atoms with Gasteiger partial charge in [-0.15, -0.1) is 0 Å². The van der Waals surface area contributed by atoms with Gasteiger partial charge in [0.25, 0.3) is 0 Å². The Kier molecular flexibility index (Phi) is 4.39. The first-order valence-corrected chi connectivity index (χ1v) is 7.02. The van der Waals surface area contributed by atoms with Gasteiger partial charge in [0.05, 0.1) is 0 Å². The molecule has 2 N–H and O–H groups in total. The fourth-order valence-electron chi connectivity index (χ4n) is 2.64. The van der Waals surface area contributed by atoms with E-state index in [-0.39, 0.29) is 0 Å². The van der Waals surface area contributed by atoms with Crippen molar-refractivity contribution in [2.24, 2.45) is 11.8 Å². The van der Waals surface area contributed by atoms with Crippen LogP contribution in [-0.2, 0) is 6.42 Å². The van der Waals surface area contributed by atoms with Gasteiger partial charge < -0.3 is 10.6 Å². The molecule has 1 fully saturated rings. The fraction of sp³-hybridized carbons (Fsp3) is 0.714. The molecular weight excluding hydrogens is 224 g/mol. The second-order valence-corrected chi connectivity index (χ2v) is 5.21. The zero-order valence-electron chi connectivity index (χ0n) is 11.7. The van der Waals surface area contributed by atoms with Crippen molar-refractivity contribution < 1.29 is 0 Å². The number of nitrogens with zero attached hydrogens (tertiary/aromatic N) is 2. The number of aromatic nitrogens is 2. The molecule has 1 aromatic rings. The van der Waals surface area contributed by atoms with Crippen molar-refractivity contribution >= 4 is 11.6 Å². The monoisotopic (exact) mass is 248 g/mol. The van der Waals surface area contributed by atoms with Gasteiger partial charge in [0, 0.05) is 26.1 Å². The molecule has 1 aliphatic carbocycles. The van der Waals surface area contributed by atoms with Gasteiger partial charge in [0.15, 0.2) is 0 Å². The highest BCUT2D eigenvalue weighted by molar-refractivity contribution is 5.47. The molecule has 2 unspecified atom stereocenters.